The number of nitrogen functional groups attached to an aromatic ring is 1. The lowest BCUT2D eigenvalue weighted by Gasteiger charge is -2.16. The van der Waals surface area contributed by atoms with Crippen molar-refractivity contribution in [2.45, 2.75) is 19.4 Å². The number of nitrogens with one attached hydrogen (secondary N) is 2. The third kappa shape index (κ3) is 2.65. The SMILES string of the molecule is COCCC(C)Nc1cc2[nH]c(=O)oc2cc1N. The Kier molecular flexibility index (Phi) is 3.57. The molecule has 1 aromatic carbocycles. The summed E-state index contributed by atoms with van der Waals surface area (Å²) < 4.78 is 9.95. The van der Waals surface area contributed by atoms with Crippen LogP contribution in [0.25, 0.3) is 11.1 Å². The molecule has 6 heteroatoms. The summed E-state index contributed by atoms with van der Waals surface area (Å²) in [5.41, 5.74) is 8.33. The van der Waals surface area contributed by atoms with Crippen LogP contribution in [0.3, 0.4) is 0 Å². The smallest absolute Gasteiger partial charge is 0.408 e. The van der Waals surface area contributed by atoms with Crippen LogP contribution in [0.2, 0.25) is 0 Å². The molecule has 0 fully saturated rings. The number of aromatic amines is 1. The lowest BCUT2D eigenvalue weighted by molar-refractivity contribution is 0.191. The molecule has 0 radical (unpaired) electrons. The number of ether oxygens (including phenoxy) is 1. The molecule has 1 heterocycles. The Hall–Kier alpha value is -1.95. The number of hydrogen-bond donors (Lipinski definition) is 3. The van der Waals surface area contributed by atoms with Crippen LogP contribution in [-0.4, -0.2) is 24.7 Å². The van der Waals surface area contributed by atoms with Crippen LogP contribution in [-0.2, 0) is 4.74 Å². The average Bonchev–Trinajstić information content (AvgIpc) is 2.66. The number of aromatic nitrogens is 1. The van der Waals surface area contributed by atoms with E-state index in [4.69, 9.17) is 14.9 Å². The van der Waals surface area contributed by atoms with Crippen LogP contribution in [0, 0.1) is 0 Å². The molecule has 0 saturated carbocycles. The molecule has 0 aliphatic heterocycles. The predicted octanol–water partition coefficient (Wildman–Crippen LogP) is 1.54. The van der Waals surface area contributed by atoms with Gasteiger partial charge in [0.15, 0.2) is 5.58 Å². The van der Waals surface area contributed by atoms with Crippen LogP contribution < -0.4 is 16.8 Å². The van der Waals surface area contributed by atoms with Gasteiger partial charge in [0.1, 0.15) is 0 Å². The van der Waals surface area contributed by atoms with Crippen molar-refractivity contribution in [3.8, 4) is 0 Å². The maximum absolute atomic E-state index is 11.1. The molecular weight excluding hydrogens is 234 g/mol. The van der Waals surface area contributed by atoms with Gasteiger partial charge in [0.05, 0.1) is 16.9 Å². The lowest BCUT2D eigenvalue weighted by atomic mass is 10.2. The van der Waals surface area contributed by atoms with E-state index in [0.29, 0.717) is 23.4 Å². The lowest BCUT2D eigenvalue weighted by Crippen LogP contribution is -2.18. The monoisotopic (exact) mass is 251 g/mol. The van der Waals surface area contributed by atoms with Crippen molar-refractivity contribution >= 4 is 22.5 Å². The van der Waals surface area contributed by atoms with E-state index in [-0.39, 0.29) is 6.04 Å². The number of fused-ring (bicyclic) bond motifs is 1. The van der Waals surface area contributed by atoms with Gasteiger partial charge >= 0.3 is 5.76 Å². The number of methoxy groups -OCH3 is 1. The maximum atomic E-state index is 11.1. The summed E-state index contributed by atoms with van der Waals surface area (Å²) >= 11 is 0. The zero-order chi connectivity index (χ0) is 13.1. The summed E-state index contributed by atoms with van der Waals surface area (Å²) in [7, 11) is 1.67. The van der Waals surface area contributed by atoms with Gasteiger partial charge in [0.25, 0.3) is 0 Å². The first kappa shape index (κ1) is 12.5. The number of oxazole rings is 1. The number of hydrogen-bond acceptors (Lipinski definition) is 5. The normalized spacial score (nSPS) is 12.8. The molecule has 4 N–H and O–H groups in total. The Morgan fingerprint density at radius 2 is 2.33 bits per heavy atom. The first-order valence-electron chi connectivity index (χ1n) is 5.78. The van der Waals surface area contributed by atoms with E-state index < -0.39 is 5.76 Å². The first-order valence-corrected chi connectivity index (χ1v) is 5.78. The Labute approximate surface area is 104 Å². The van der Waals surface area contributed by atoms with E-state index in [1.54, 1.807) is 19.2 Å². The third-order valence-electron chi connectivity index (χ3n) is 2.75. The second-order valence-corrected chi connectivity index (χ2v) is 4.28. The zero-order valence-corrected chi connectivity index (χ0v) is 10.4. The maximum Gasteiger partial charge on any atom is 0.417 e. The highest BCUT2D eigenvalue weighted by molar-refractivity contribution is 5.85. The Bertz CT molecular complexity index is 588. The number of H-pyrrole nitrogens is 1. The summed E-state index contributed by atoms with van der Waals surface area (Å²) in [4.78, 5) is 13.7. The topological polar surface area (TPSA) is 93.3 Å². The van der Waals surface area contributed by atoms with Crippen molar-refractivity contribution in [2.24, 2.45) is 0 Å². The standard InChI is InChI=1S/C12H17N3O3/c1-7(3-4-17-2)14-9-6-10-11(5-8(9)13)18-12(16)15-10/h5-7,14H,3-4,13H2,1-2H3,(H,15,16). The number of benzene rings is 1. The van der Waals surface area contributed by atoms with Crippen molar-refractivity contribution in [1.29, 1.82) is 0 Å². The minimum Gasteiger partial charge on any atom is -0.408 e. The fourth-order valence-electron chi connectivity index (χ4n) is 1.77. The van der Waals surface area contributed by atoms with E-state index in [1.165, 1.54) is 0 Å². The largest absolute Gasteiger partial charge is 0.417 e. The second kappa shape index (κ2) is 5.14. The molecule has 0 aliphatic carbocycles. The van der Waals surface area contributed by atoms with Crippen LogP contribution in [0.1, 0.15) is 13.3 Å². The fourth-order valence-corrected chi connectivity index (χ4v) is 1.77. The van der Waals surface area contributed by atoms with Gasteiger partial charge in [-0.05, 0) is 19.4 Å². The highest BCUT2D eigenvalue weighted by Gasteiger charge is 2.09. The molecule has 2 rings (SSSR count). The van der Waals surface area contributed by atoms with Gasteiger partial charge in [-0.1, -0.05) is 0 Å². The van der Waals surface area contributed by atoms with Crippen molar-refractivity contribution in [3.05, 3.63) is 22.7 Å². The quantitative estimate of drug-likeness (QED) is 0.701. The summed E-state index contributed by atoms with van der Waals surface area (Å²) in [6.07, 6.45) is 0.871. The molecule has 0 amide bonds. The summed E-state index contributed by atoms with van der Waals surface area (Å²) in [5.74, 6) is -0.478. The molecule has 1 atom stereocenters. The molecule has 0 aliphatic rings. The first-order chi connectivity index (χ1) is 8.60. The molecule has 0 saturated heterocycles. The van der Waals surface area contributed by atoms with Gasteiger partial charge < -0.3 is 20.2 Å². The molecule has 2 aromatic rings. The second-order valence-electron chi connectivity index (χ2n) is 4.28. The summed E-state index contributed by atoms with van der Waals surface area (Å²) in [5, 5.41) is 3.28. The van der Waals surface area contributed by atoms with Crippen molar-refractivity contribution in [1.82, 2.24) is 4.98 Å². The molecule has 18 heavy (non-hydrogen) atoms. The Morgan fingerprint density at radius 3 is 3.06 bits per heavy atom. The van der Waals surface area contributed by atoms with E-state index in [9.17, 15) is 4.79 Å². The van der Waals surface area contributed by atoms with Gasteiger partial charge in [-0.3, -0.25) is 4.98 Å². The van der Waals surface area contributed by atoms with Crippen LogP contribution >= 0.6 is 0 Å². The van der Waals surface area contributed by atoms with Crippen LogP contribution in [0.15, 0.2) is 21.3 Å². The van der Waals surface area contributed by atoms with Gasteiger partial charge in [-0.25, -0.2) is 4.79 Å². The van der Waals surface area contributed by atoms with Crippen molar-refractivity contribution in [3.63, 3.8) is 0 Å². The molecule has 1 unspecified atom stereocenters. The number of nitrogens with two attached hydrogens (primary N) is 1. The molecule has 1 aromatic heterocycles. The third-order valence-corrected chi connectivity index (χ3v) is 2.75. The van der Waals surface area contributed by atoms with Gasteiger partial charge in [-0.2, -0.15) is 0 Å². The highest BCUT2D eigenvalue weighted by Crippen LogP contribution is 2.25. The van der Waals surface area contributed by atoms with Crippen molar-refractivity contribution in [2.75, 3.05) is 24.8 Å². The number of rotatable bonds is 5. The Balaban J connectivity index is 2.21. The van der Waals surface area contributed by atoms with Crippen molar-refractivity contribution < 1.29 is 9.15 Å². The van der Waals surface area contributed by atoms with E-state index >= 15 is 0 Å². The molecule has 6 nitrogen and oxygen atoms in total. The average molecular weight is 251 g/mol. The van der Waals surface area contributed by atoms with E-state index in [2.05, 4.69) is 10.3 Å². The predicted molar refractivity (Wildman–Crippen MR) is 70.8 cm³/mol. The zero-order valence-electron chi connectivity index (χ0n) is 10.4. The fraction of sp³-hybridized carbons (Fsp3) is 0.417. The van der Waals surface area contributed by atoms with Gasteiger partial charge in [0.2, 0.25) is 0 Å². The molecule has 98 valence electrons. The van der Waals surface area contributed by atoms with E-state index in [1.807, 2.05) is 6.92 Å². The van der Waals surface area contributed by atoms with Crippen LogP contribution in [0.4, 0.5) is 11.4 Å². The minimum absolute atomic E-state index is 0.225. The minimum atomic E-state index is -0.478. The summed E-state index contributed by atoms with van der Waals surface area (Å²) in [6, 6.07) is 3.64. The Morgan fingerprint density at radius 1 is 1.56 bits per heavy atom. The van der Waals surface area contributed by atoms with Gasteiger partial charge in [0, 0.05) is 25.8 Å². The molecule has 0 bridgehead atoms. The van der Waals surface area contributed by atoms with Gasteiger partial charge in [-0.15, -0.1) is 0 Å². The van der Waals surface area contributed by atoms with Crippen LogP contribution in [0.5, 0.6) is 0 Å². The molecule has 0 spiro atoms. The molecular formula is C12H17N3O3. The van der Waals surface area contributed by atoms with E-state index in [0.717, 1.165) is 12.1 Å². The number of anilines is 2. The summed E-state index contributed by atoms with van der Waals surface area (Å²) in [6.45, 7) is 2.72. The highest BCUT2D eigenvalue weighted by atomic mass is 16.5.